The van der Waals surface area contributed by atoms with Gasteiger partial charge in [0.25, 0.3) is 0 Å². The van der Waals surface area contributed by atoms with Gasteiger partial charge in [-0.2, -0.15) is 8.78 Å². The fourth-order valence-corrected chi connectivity index (χ4v) is 2.87. The van der Waals surface area contributed by atoms with Crippen LogP contribution in [-0.2, 0) is 5.92 Å². The number of rotatable bonds is 3. The number of hydrogen-bond acceptors (Lipinski definition) is 6. The summed E-state index contributed by atoms with van der Waals surface area (Å²) >= 11 is 0. The zero-order chi connectivity index (χ0) is 17.8. The maximum Gasteiger partial charge on any atom is 0.303 e. The Bertz CT molecular complexity index is 941. The van der Waals surface area contributed by atoms with Gasteiger partial charge in [-0.25, -0.2) is 14.6 Å². The van der Waals surface area contributed by atoms with E-state index in [2.05, 4.69) is 20.1 Å². The van der Waals surface area contributed by atoms with Crippen LogP contribution in [0.15, 0.2) is 24.5 Å². The number of alkyl halides is 2. The van der Waals surface area contributed by atoms with Gasteiger partial charge in [-0.1, -0.05) is 0 Å². The molecule has 25 heavy (non-hydrogen) atoms. The van der Waals surface area contributed by atoms with E-state index in [0.29, 0.717) is 13.1 Å². The first kappa shape index (κ1) is 15.8. The first-order valence-electron chi connectivity index (χ1n) is 7.90. The molecule has 4 heterocycles. The largest absolute Gasteiger partial charge is 0.351 e. The maximum absolute atomic E-state index is 13.6. The van der Waals surface area contributed by atoms with E-state index < -0.39 is 11.7 Å². The number of fused-ring (bicyclic) bond motifs is 1. The quantitative estimate of drug-likeness (QED) is 0.779. The topological polar surface area (TPSA) is 85.8 Å². The Labute approximate surface area is 142 Å². The Hall–Kier alpha value is -2.68. The molecule has 1 aliphatic rings. The highest BCUT2D eigenvalue weighted by atomic mass is 19.3. The molecule has 130 valence electrons. The number of halogens is 2. The molecule has 0 aliphatic carbocycles. The third kappa shape index (κ3) is 2.70. The maximum atomic E-state index is 13.6. The predicted octanol–water partition coefficient (Wildman–Crippen LogP) is 1.78. The van der Waals surface area contributed by atoms with Crippen molar-refractivity contribution >= 4 is 16.7 Å². The highest BCUT2D eigenvalue weighted by Crippen LogP contribution is 2.31. The Balaban J connectivity index is 1.88. The number of pyridine rings is 1. The smallest absolute Gasteiger partial charge is 0.303 e. The van der Waals surface area contributed by atoms with Gasteiger partial charge in [0.1, 0.15) is 0 Å². The van der Waals surface area contributed by atoms with Crippen molar-refractivity contribution in [2.45, 2.75) is 25.8 Å². The minimum Gasteiger partial charge on any atom is -0.351 e. The van der Waals surface area contributed by atoms with Crippen LogP contribution in [0.5, 0.6) is 0 Å². The van der Waals surface area contributed by atoms with E-state index in [1.807, 2.05) is 17.9 Å². The van der Waals surface area contributed by atoms with Gasteiger partial charge in [-0.3, -0.25) is 4.98 Å². The number of anilines is 1. The van der Waals surface area contributed by atoms with Crippen molar-refractivity contribution in [3.05, 3.63) is 36.0 Å². The first-order chi connectivity index (χ1) is 11.8. The van der Waals surface area contributed by atoms with Crippen LogP contribution in [0.25, 0.3) is 16.7 Å². The fourth-order valence-electron chi connectivity index (χ4n) is 2.87. The average Bonchev–Trinajstić information content (AvgIpc) is 2.89. The SMILES string of the molecule is Cc1cc2c(cn1)c(N1CC(N)C1)nn2-c1ccnc(C(C)(F)F)n1. The van der Waals surface area contributed by atoms with E-state index in [9.17, 15) is 8.78 Å². The average molecular weight is 345 g/mol. The molecule has 1 aliphatic heterocycles. The number of aryl methyl sites for hydroxylation is 1. The van der Waals surface area contributed by atoms with E-state index in [0.717, 1.165) is 29.3 Å². The molecule has 0 amide bonds. The molecule has 3 aromatic heterocycles. The van der Waals surface area contributed by atoms with Gasteiger partial charge in [0.05, 0.1) is 10.9 Å². The molecule has 4 rings (SSSR count). The zero-order valence-corrected chi connectivity index (χ0v) is 13.8. The lowest BCUT2D eigenvalue weighted by Crippen LogP contribution is -2.56. The summed E-state index contributed by atoms with van der Waals surface area (Å²) < 4.78 is 28.7. The standard InChI is InChI=1S/C16H17F2N7/c1-9-5-12-11(6-21-9)14(24-7-10(19)8-24)23-25(12)13-3-4-20-15(22-13)16(2,17)18/h3-6,10H,7-8,19H2,1-2H3. The minimum atomic E-state index is -3.12. The molecule has 0 radical (unpaired) electrons. The summed E-state index contributed by atoms with van der Waals surface area (Å²) in [4.78, 5) is 14.0. The monoisotopic (exact) mass is 345 g/mol. The molecule has 1 saturated heterocycles. The minimum absolute atomic E-state index is 0.114. The molecule has 0 atom stereocenters. The van der Waals surface area contributed by atoms with E-state index in [4.69, 9.17) is 5.73 Å². The third-order valence-electron chi connectivity index (χ3n) is 4.14. The van der Waals surface area contributed by atoms with Crippen molar-refractivity contribution in [3.63, 3.8) is 0 Å². The molecule has 0 spiro atoms. The second-order valence-electron chi connectivity index (χ2n) is 6.37. The summed E-state index contributed by atoms with van der Waals surface area (Å²) in [5.74, 6) is -2.64. The molecular formula is C16H17F2N7. The van der Waals surface area contributed by atoms with Gasteiger partial charge in [0.15, 0.2) is 11.6 Å². The van der Waals surface area contributed by atoms with Crippen molar-refractivity contribution < 1.29 is 8.78 Å². The summed E-state index contributed by atoms with van der Waals surface area (Å²) in [6, 6.07) is 3.53. The van der Waals surface area contributed by atoms with Gasteiger partial charge >= 0.3 is 5.92 Å². The Morgan fingerprint density at radius 1 is 1.28 bits per heavy atom. The van der Waals surface area contributed by atoms with Gasteiger partial charge in [-0.15, -0.1) is 5.10 Å². The summed E-state index contributed by atoms with van der Waals surface area (Å²) in [6.07, 6.45) is 3.06. The first-order valence-corrected chi connectivity index (χ1v) is 7.90. The molecule has 0 unspecified atom stereocenters. The summed E-state index contributed by atoms with van der Waals surface area (Å²) in [7, 11) is 0. The van der Waals surface area contributed by atoms with E-state index >= 15 is 0 Å². The van der Waals surface area contributed by atoms with Crippen LogP contribution in [0.4, 0.5) is 14.6 Å². The van der Waals surface area contributed by atoms with E-state index in [1.54, 1.807) is 16.9 Å². The van der Waals surface area contributed by atoms with Crippen molar-refractivity contribution in [2.24, 2.45) is 5.73 Å². The van der Waals surface area contributed by atoms with Crippen LogP contribution in [-0.4, -0.2) is 43.9 Å². The molecule has 7 nitrogen and oxygen atoms in total. The van der Waals surface area contributed by atoms with Gasteiger partial charge in [0.2, 0.25) is 5.82 Å². The molecule has 0 bridgehead atoms. The Morgan fingerprint density at radius 3 is 2.72 bits per heavy atom. The number of nitrogens with zero attached hydrogens (tertiary/aromatic N) is 6. The second-order valence-corrected chi connectivity index (χ2v) is 6.37. The van der Waals surface area contributed by atoms with Crippen LogP contribution < -0.4 is 10.6 Å². The summed E-state index contributed by atoms with van der Waals surface area (Å²) in [6.45, 7) is 4.03. The predicted molar refractivity (Wildman–Crippen MR) is 88.9 cm³/mol. The van der Waals surface area contributed by atoms with Crippen LogP contribution in [0.2, 0.25) is 0 Å². The Morgan fingerprint density at radius 2 is 2.04 bits per heavy atom. The van der Waals surface area contributed by atoms with E-state index in [1.165, 1.54) is 6.20 Å². The molecule has 2 N–H and O–H groups in total. The lowest BCUT2D eigenvalue weighted by molar-refractivity contribution is 0.00763. The van der Waals surface area contributed by atoms with E-state index in [-0.39, 0.29) is 11.9 Å². The Kier molecular flexibility index (Phi) is 3.43. The van der Waals surface area contributed by atoms with Gasteiger partial charge < -0.3 is 10.6 Å². The molecular weight excluding hydrogens is 328 g/mol. The van der Waals surface area contributed by atoms with Crippen LogP contribution in [0.1, 0.15) is 18.4 Å². The molecule has 0 saturated carbocycles. The lowest BCUT2D eigenvalue weighted by atomic mass is 10.1. The van der Waals surface area contributed by atoms with Crippen molar-refractivity contribution in [1.29, 1.82) is 0 Å². The van der Waals surface area contributed by atoms with Crippen molar-refractivity contribution in [1.82, 2.24) is 24.7 Å². The lowest BCUT2D eigenvalue weighted by Gasteiger charge is -2.37. The van der Waals surface area contributed by atoms with Crippen LogP contribution >= 0.6 is 0 Å². The number of nitrogens with two attached hydrogens (primary N) is 1. The molecule has 3 aromatic rings. The number of hydrogen-bond donors (Lipinski definition) is 1. The third-order valence-corrected chi connectivity index (χ3v) is 4.14. The van der Waals surface area contributed by atoms with Crippen LogP contribution in [0.3, 0.4) is 0 Å². The van der Waals surface area contributed by atoms with Crippen molar-refractivity contribution in [3.8, 4) is 5.82 Å². The zero-order valence-electron chi connectivity index (χ0n) is 13.8. The summed E-state index contributed by atoms with van der Waals surface area (Å²) in [5, 5.41) is 5.43. The molecule has 0 aromatic carbocycles. The van der Waals surface area contributed by atoms with Gasteiger partial charge in [0, 0.05) is 50.2 Å². The second kappa shape index (κ2) is 5.41. The number of aromatic nitrogens is 5. The van der Waals surface area contributed by atoms with Crippen LogP contribution in [0, 0.1) is 6.92 Å². The highest BCUT2D eigenvalue weighted by Gasteiger charge is 2.30. The normalized spacial score (nSPS) is 15.6. The summed E-state index contributed by atoms with van der Waals surface area (Å²) in [5.41, 5.74) is 7.42. The highest BCUT2D eigenvalue weighted by molar-refractivity contribution is 5.91. The molecule has 9 heteroatoms. The fraction of sp³-hybridized carbons (Fsp3) is 0.375. The van der Waals surface area contributed by atoms with Gasteiger partial charge in [-0.05, 0) is 13.0 Å². The molecule has 1 fully saturated rings. The van der Waals surface area contributed by atoms with Crippen molar-refractivity contribution in [2.75, 3.05) is 18.0 Å².